The molecule has 0 bridgehead atoms. The van der Waals surface area contributed by atoms with Gasteiger partial charge in [0.1, 0.15) is 41.0 Å². The number of aliphatic hydroxyl groups excluding tert-OH is 1. The van der Waals surface area contributed by atoms with Gasteiger partial charge < -0.3 is 15.3 Å². The maximum atomic E-state index is 13.9. The Hall–Kier alpha value is -4.47. The number of hydrogen-bond donors (Lipinski definition) is 2. The van der Waals surface area contributed by atoms with Gasteiger partial charge in [0.05, 0.1) is 0 Å². The zero-order valence-corrected chi connectivity index (χ0v) is 25.6. The first-order chi connectivity index (χ1) is 20.6. The summed E-state index contributed by atoms with van der Waals surface area (Å²) in [5.41, 5.74) is 3.90. The number of rotatable bonds is 7. The van der Waals surface area contributed by atoms with Gasteiger partial charge in [0.15, 0.2) is 11.6 Å². The van der Waals surface area contributed by atoms with Gasteiger partial charge in [-0.05, 0) is 70.8 Å². The molecule has 12 heteroatoms. The number of anilines is 1. The number of nitrogens with one attached hydrogen (secondary N) is 1. The van der Waals surface area contributed by atoms with Gasteiger partial charge in [-0.3, -0.25) is 14.4 Å². The summed E-state index contributed by atoms with van der Waals surface area (Å²) in [6.45, 7) is 8.77. The Balaban J connectivity index is 1.46. The van der Waals surface area contributed by atoms with Crippen molar-refractivity contribution >= 4 is 51.0 Å². The quantitative estimate of drug-likeness (QED) is 0.224. The highest BCUT2D eigenvalue weighted by Gasteiger charge is 2.40. The van der Waals surface area contributed by atoms with Crippen LogP contribution in [0.1, 0.15) is 71.8 Å². The van der Waals surface area contributed by atoms with E-state index in [1.165, 1.54) is 16.5 Å². The molecule has 1 aliphatic carbocycles. The van der Waals surface area contributed by atoms with Gasteiger partial charge in [0.2, 0.25) is 11.8 Å². The molecule has 0 aromatic carbocycles. The molecule has 43 heavy (non-hydrogen) atoms. The number of halogens is 1. The lowest BCUT2D eigenvalue weighted by Crippen LogP contribution is -2.53. The van der Waals surface area contributed by atoms with Crippen LogP contribution in [-0.4, -0.2) is 58.4 Å². The van der Waals surface area contributed by atoms with Crippen LogP contribution in [0, 0.1) is 24.7 Å². The molecule has 11 nitrogen and oxygen atoms in total. The van der Waals surface area contributed by atoms with Gasteiger partial charge in [-0.25, -0.2) is 19.6 Å². The molecule has 3 aromatic heterocycles. The van der Waals surface area contributed by atoms with Crippen molar-refractivity contribution in [1.29, 1.82) is 0 Å². The summed E-state index contributed by atoms with van der Waals surface area (Å²) in [5, 5.41) is 16.6. The second-order valence-corrected chi connectivity index (χ2v) is 11.4. The number of piperidine rings is 1. The fourth-order valence-electron chi connectivity index (χ4n) is 5.21. The van der Waals surface area contributed by atoms with Crippen molar-refractivity contribution < 1.29 is 19.5 Å². The molecule has 5 rings (SSSR count). The van der Waals surface area contributed by atoms with Crippen molar-refractivity contribution in [2.75, 3.05) is 5.32 Å². The smallest absolute Gasteiger partial charge is 0.249 e. The van der Waals surface area contributed by atoms with E-state index in [0.717, 1.165) is 11.1 Å². The molecule has 2 amide bonds. The van der Waals surface area contributed by atoms with E-state index < -0.39 is 6.04 Å². The molecule has 1 fully saturated rings. The molecule has 1 aliphatic heterocycles. The van der Waals surface area contributed by atoms with Crippen LogP contribution in [0.2, 0.25) is 0 Å². The normalized spacial score (nSPS) is 17.7. The molecular formula is C31H30BrN7O4. The van der Waals surface area contributed by atoms with E-state index in [1.807, 2.05) is 19.9 Å². The molecule has 0 radical (unpaired) electrons. The standard InChI is InChI=1S/C31H30BrN7O4/c1-17-8-10-19(3)39(29(17)31(43)36-30-18(2)9-11-25(32)35-30)27(42)15-38-24-7-5-6-21(12-23(24)28(37-38)20(4)41)22-13-33-26(16-40)34-14-22/h9,11-14,17,29,40H,3,6,8,10,15-16H2,1-2,4H3,(H,35,36,43)/t17?,29-/m0/s1. The van der Waals surface area contributed by atoms with Crippen LogP contribution < -0.4 is 5.32 Å². The summed E-state index contributed by atoms with van der Waals surface area (Å²) in [5.74, 6) is 5.70. The molecule has 0 spiro atoms. The first-order valence-corrected chi connectivity index (χ1v) is 14.5. The largest absolute Gasteiger partial charge is 0.388 e. The molecule has 2 aliphatic rings. The van der Waals surface area contributed by atoms with Crippen LogP contribution in [-0.2, 0) is 22.7 Å². The highest BCUT2D eigenvalue weighted by molar-refractivity contribution is 9.10. The second-order valence-electron chi connectivity index (χ2n) is 10.6. The molecule has 4 heterocycles. The maximum absolute atomic E-state index is 13.9. The summed E-state index contributed by atoms with van der Waals surface area (Å²) in [4.78, 5) is 54.3. The summed E-state index contributed by atoms with van der Waals surface area (Å²) < 4.78 is 2.00. The van der Waals surface area contributed by atoms with Gasteiger partial charge >= 0.3 is 0 Å². The van der Waals surface area contributed by atoms with Crippen LogP contribution in [0.5, 0.6) is 0 Å². The number of carbonyl (C=O) groups is 3. The first-order valence-electron chi connectivity index (χ1n) is 13.7. The summed E-state index contributed by atoms with van der Waals surface area (Å²) in [7, 11) is 0. The molecular weight excluding hydrogens is 614 g/mol. The zero-order valence-electron chi connectivity index (χ0n) is 24.0. The van der Waals surface area contributed by atoms with Crippen molar-refractivity contribution in [3.8, 4) is 11.8 Å². The number of allylic oxidation sites excluding steroid dienone is 2. The number of likely N-dealkylation sites (tertiary alicyclic amines) is 1. The Morgan fingerprint density at radius 1 is 1.23 bits per heavy atom. The lowest BCUT2D eigenvalue weighted by molar-refractivity contribution is -0.140. The van der Waals surface area contributed by atoms with Crippen LogP contribution in [0.15, 0.2) is 41.4 Å². The number of fused-ring (bicyclic) bond motifs is 1. The van der Waals surface area contributed by atoms with Crippen LogP contribution in [0.3, 0.4) is 0 Å². The van der Waals surface area contributed by atoms with Crippen LogP contribution >= 0.6 is 15.9 Å². The Bertz CT molecular complexity index is 1730. The van der Waals surface area contributed by atoms with Gasteiger partial charge in [-0.1, -0.05) is 25.5 Å². The van der Waals surface area contributed by atoms with E-state index in [9.17, 15) is 19.5 Å². The number of amides is 2. The van der Waals surface area contributed by atoms with E-state index in [1.54, 1.807) is 24.5 Å². The van der Waals surface area contributed by atoms with Gasteiger partial charge in [0.25, 0.3) is 0 Å². The minimum atomic E-state index is -0.810. The molecule has 1 unspecified atom stereocenters. The van der Waals surface area contributed by atoms with Crippen LogP contribution in [0.25, 0.3) is 11.6 Å². The lowest BCUT2D eigenvalue weighted by atomic mass is 9.88. The highest BCUT2D eigenvalue weighted by Crippen LogP contribution is 2.32. The maximum Gasteiger partial charge on any atom is 0.249 e. The third kappa shape index (κ3) is 6.18. The molecule has 1 saturated heterocycles. The fourth-order valence-corrected chi connectivity index (χ4v) is 5.52. The van der Waals surface area contributed by atoms with Crippen LogP contribution in [0.4, 0.5) is 5.82 Å². The number of carbonyl (C=O) groups excluding carboxylic acids is 3. The number of aryl methyl sites for hydroxylation is 1. The minimum Gasteiger partial charge on any atom is -0.388 e. The SMILES string of the molecule is C=C1CCC(C)[C@@H](C(=O)Nc2nc(Br)ccc2C)N1C(=O)Cn1nc(C(C)=O)c2c1C#CCC(c1cnc(CO)nc1)=C2. The van der Waals surface area contributed by atoms with Crippen molar-refractivity contribution in [3.63, 3.8) is 0 Å². The van der Waals surface area contributed by atoms with Gasteiger partial charge in [-0.15, -0.1) is 0 Å². The minimum absolute atomic E-state index is 0.144. The van der Waals surface area contributed by atoms with Crippen molar-refractivity contribution in [3.05, 3.63) is 75.3 Å². The molecule has 2 atom stereocenters. The average molecular weight is 645 g/mol. The number of nitrogens with zero attached hydrogens (tertiary/aromatic N) is 6. The summed E-state index contributed by atoms with van der Waals surface area (Å²) >= 11 is 3.34. The predicted molar refractivity (Wildman–Crippen MR) is 163 cm³/mol. The van der Waals surface area contributed by atoms with E-state index >= 15 is 0 Å². The molecule has 2 N–H and O–H groups in total. The topological polar surface area (TPSA) is 143 Å². The Labute approximate surface area is 257 Å². The van der Waals surface area contributed by atoms with Crippen molar-refractivity contribution in [1.82, 2.24) is 29.6 Å². The van der Waals surface area contributed by atoms with Crippen molar-refractivity contribution in [2.24, 2.45) is 5.92 Å². The van der Waals surface area contributed by atoms with Gasteiger partial charge in [0, 0.05) is 42.6 Å². The number of hydrogen-bond acceptors (Lipinski definition) is 8. The Kier molecular flexibility index (Phi) is 8.66. The molecule has 220 valence electrons. The second kappa shape index (κ2) is 12.4. The number of aliphatic hydroxyl groups is 1. The average Bonchev–Trinajstić information content (AvgIpc) is 3.16. The fraction of sp³-hybridized carbons (Fsp3) is 0.323. The number of ketones is 1. The predicted octanol–water partition coefficient (Wildman–Crippen LogP) is 3.91. The number of pyridine rings is 1. The van der Waals surface area contributed by atoms with Gasteiger partial charge in [-0.2, -0.15) is 5.10 Å². The Morgan fingerprint density at radius 3 is 2.67 bits per heavy atom. The van der Waals surface area contributed by atoms with E-state index in [4.69, 9.17) is 0 Å². The Morgan fingerprint density at radius 2 is 1.98 bits per heavy atom. The van der Waals surface area contributed by atoms with Crippen molar-refractivity contribution in [2.45, 2.75) is 59.2 Å². The van der Waals surface area contributed by atoms with E-state index in [-0.39, 0.29) is 42.4 Å². The zero-order chi connectivity index (χ0) is 30.8. The summed E-state index contributed by atoms with van der Waals surface area (Å²) in [6.07, 6.45) is 6.60. The third-order valence-electron chi connectivity index (χ3n) is 7.52. The lowest BCUT2D eigenvalue weighted by Gasteiger charge is -2.40. The van der Waals surface area contributed by atoms with E-state index in [0.29, 0.717) is 58.0 Å². The molecule has 3 aromatic rings. The highest BCUT2D eigenvalue weighted by atomic mass is 79.9. The monoisotopic (exact) mass is 643 g/mol. The first kappa shape index (κ1) is 30.0. The van der Waals surface area contributed by atoms with E-state index in [2.05, 4.69) is 59.7 Å². The number of Topliss-reactive ketones (excluding diaryl/α,β-unsaturated/α-hetero) is 1. The molecule has 0 saturated carbocycles. The number of aromatic nitrogens is 5. The summed E-state index contributed by atoms with van der Waals surface area (Å²) in [6, 6.07) is 2.82. The third-order valence-corrected chi connectivity index (χ3v) is 7.96.